The average Bonchev–Trinajstić information content (AvgIpc) is 3.15. The van der Waals surface area contributed by atoms with Crippen molar-refractivity contribution in [3.8, 4) is 17.2 Å². The average molecular weight is 437 g/mol. The van der Waals surface area contributed by atoms with E-state index in [0.29, 0.717) is 22.9 Å². The largest absolute Gasteiger partial charge is 0.494 e. The number of hydrogen-bond donors (Lipinski definition) is 1. The number of anilines is 1. The highest BCUT2D eigenvalue weighted by molar-refractivity contribution is 6.04. The van der Waals surface area contributed by atoms with Crippen molar-refractivity contribution in [2.75, 3.05) is 12.4 Å². The van der Waals surface area contributed by atoms with Gasteiger partial charge in [0.1, 0.15) is 17.2 Å². The van der Waals surface area contributed by atoms with E-state index in [0.717, 1.165) is 17.7 Å². The van der Waals surface area contributed by atoms with Gasteiger partial charge in [0.15, 0.2) is 5.69 Å². The van der Waals surface area contributed by atoms with Gasteiger partial charge in [0.2, 0.25) is 0 Å². The van der Waals surface area contributed by atoms with Gasteiger partial charge in [-0.2, -0.15) is 0 Å². The molecule has 0 fully saturated rings. The zero-order valence-corrected chi connectivity index (χ0v) is 19.9. The second-order valence-electron chi connectivity index (χ2n) is 8.86. The summed E-state index contributed by atoms with van der Waals surface area (Å²) in [5, 5.41) is 11.3. The van der Waals surface area contributed by atoms with Crippen molar-refractivity contribution in [1.82, 2.24) is 15.0 Å². The highest BCUT2D eigenvalue weighted by atomic mass is 16.5. The van der Waals surface area contributed by atoms with Gasteiger partial charge in [0.25, 0.3) is 5.91 Å². The van der Waals surface area contributed by atoms with Crippen molar-refractivity contribution in [2.24, 2.45) is 0 Å². The Morgan fingerprint density at radius 3 is 2.53 bits per heavy atom. The van der Waals surface area contributed by atoms with Crippen LogP contribution < -0.4 is 14.8 Å². The monoisotopic (exact) mass is 436 g/mol. The molecule has 3 aromatic rings. The van der Waals surface area contributed by atoms with Crippen molar-refractivity contribution in [3.63, 3.8) is 0 Å². The van der Waals surface area contributed by atoms with Gasteiger partial charge < -0.3 is 14.8 Å². The number of carbonyl (C=O) groups excluding carboxylic acids is 1. The van der Waals surface area contributed by atoms with Crippen LogP contribution in [0.3, 0.4) is 0 Å². The van der Waals surface area contributed by atoms with E-state index in [2.05, 4.69) is 43.3 Å². The molecule has 0 aliphatic rings. The molecule has 7 heteroatoms. The Kier molecular flexibility index (Phi) is 6.87. The van der Waals surface area contributed by atoms with E-state index in [1.165, 1.54) is 0 Å². The summed E-state index contributed by atoms with van der Waals surface area (Å²) >= 11 is 0. The summed E-state index contributed by atoms with van der Waals surface area (Å²) in [5.74, 6) is 0.939. The minimum absolute atomic E-state index is 0.0271. The van der Waals surface area contributed by atoms with Gasteiger partial charge in [-0.1, -0.05) is 51.1 Å². The number of benzene rings is 2. The zero-order chi connectivity index (χ0) is 23.5. The molecule has 1 amide bonds. The second-order valence-corrected chi connectivity index (χ2v) is 8.86. The van der Waals surface area contributed by atoms with Crippen molar-refractivity contribution < 1.29 is 14.3 Å². The molecule has 0 aliphatic heterocycles. The van der Waals surface area contributed by atoms with Gasteiger partial charge >= 0.3 is 0 Å². The molecule has 1 N–H and O–H groups in total. The molecule has 0 radical (unpaired) electrons. The van der Waals surface area contributed by atoms with E-state index in [4.69, 9.17) is 9.47 Å². The van der Waals surface area contributed by atoms with Crippen LogP contribution in [0.5, 0.6) is 11.5 Å². The minimum Gasteiger partial charge on any atom is -0.494 e. The van der Waals surface area contributed by atoms with Crippen molar-refractivity contribution in [1.29, 1.82) is 0 Å². The first-order valence-corrected chi connectivity index (χ1v) is 10.8. The summed E-state index contributed by atoms with van der Waals surface area (Å²) in [6.07, 6.45) is 0.889. The predicted octanol–water partition coefficient (Wildman–Crippen LogP) is 5.31. The maximum absolute atomic E-state index is 13.2. The second kappa shape index (κ2) is 9.42. The number of nitrogens with zero attached hydrogens (tertiary/aromatic N) is 3. The molecule has 32 heavy (non-hydrogen) atoms. The number of methoxy groups -OCH3 is 1. The van der Waals surface area contributed by atoms with Crippen molar-refractivity contribution in [3.05, 3.63) is 59.4 Å². The summed E-state index contributed by atoms with van der Waals surface area (Å²) in [4.78, 5) is 13.2. The summed E-state index contributed by atoms with van der Waals surface area (Å²) in [7, 11) is 1.60. The van der Waals surface area contributed by atoms with E-state index in [-0.39, 0.29) is 23.1 Å². The summed E-state index contributed by atoms with van der Waals surface area (Å²) in [6, 6.07) is 13.4. The Labute approximate surface area is 189 Å². The smallest absolute Gasteiger partial charge is 0.278 e. The predicted molar refractivity (Wildman–Crippen MR) is 126 cm³/mol. The highest BCUT2D eigenvalue weighted by Crippen LogP contribution is 2.33. The van der Waals surface area contributed by atoms with Crippen LogP contribution in [0.2, 0.25) is 0 Å². The Hall–Kier alpha value is -3.35. The van der Waals surface area contributed by atoms with Crippen LogP contribution in [0.1, 0.15) is 62.8 Å². The van der Waals surface area contributed by atoms with Gasteiger partial charge in [0.05, 0.1) is 24.6 Å². The summed E-state index contributed by atoms with van der Waals surface area (Å²) < 4.78 is 13.1. The van der Waals surface area contributed by atoms with E-state index >= 15 is 0 Å². The molecule has 1 unspecified atom stereocenters. The first-order valence-electron chi connectivity index (χ1n) is 10.8. The summed E-state index contributed by atoms with van der Waals surface area (Å²) in [6.45, 7) is 12.3. The Balaban J connectivity index is 1.95. The third-order valence-corrected chi connectivity index (χ3v) is 5.42. The van der Waals surface area contributed by atoms with Crippen LogP contribution in [0, 0.1) is 6.92 Å². The first kappa shape index (κ1) is 23.3. The van der Waals surface area contributed by atoms with E-state index in [1.54, 1.807) is 11.8 Å². The van der Waals surface area contributed by atoms with Crippen LogP contribution >= 0.6 is 0 Å². The maximum atomic E-state index is 13.2. The van der Waals surface area contributed by atoms with Gasteiger partial charge in [0, 0.05) is 0 Å². The Bertz CT molecular complexity index is 1100. The fourth-order valence-corrected chi connectivity index (χ4v) is 3.25. The quantitative estimate of drug-likeness (QED) is 0.543. The molecule has 3 rings (SSSR count). The molecule has 0 spiro atoms. The number of ether oxygens (including phenoxy) is 2. The van der Waals surface area contributed by atoms with Crippen molar-refractivity contribution in [2.45, 2.75) is 59.5 Å². The highest BCUT2D eigenvalue weighted by Gasteiger charge is 2.22. The fourth-order valence-electron chi connectivity index (χ4n) is 3.25. The molecular weight excluding hydrogens is 404 g/mol. The molecule has 1 atom stereocenters. The normalized spacial score (nSPS) is 12.3. The molecule has 0 saturated carbocycles. The summed E-state index contributed by atoms with van der Waals surface area (Å²) in [5.41, 5.74) is 3.22. The van der Waals surface area contributed by atoms with Crippen molar-refractivity contribution >= 4 is 11.6 Å². The molecule has 1 aromatic heterocycles. The maximum Gasteiger partial charge on any atom is 0.278 e. The van der Waals surface area contributed by atoms with Crippen LogP contribution in [0.25, 0.3) is 5.69 Å². The van der Waals surface area contributed by atoms with Gasteiger partial charge in [-0.15, -0.1) is 5.10 Å². The van der Waals surface area contributed by atoms with Crippen LogP contribution in [-0.2, 0) is 5.41 Å². The lowest BCUT2D eigenvalue weighted by Gasteiger charge is -2.23. The van der Waals surface area contributed by atoms with E-state index in [1.807, 2.05) is 56.3 Å². The first-order chi connectivity index (χ1) is 15.2. The van der Waals surface area contributed by atoms with Crippen LogP contribution in [0.4, 0.5) is 5.69 Å². The van der Waals surface area contributed by atoms with Crippen LogP contribution in [-0.4, -0.2) is 34.1 Å². The molecule has 0 saturated heterocycles. The lowest BCUT2D eigenvalue weighted by atomic mass is 9.87. The number of carbonyl (C=O) groups is 1. The lowest BCUT2D eigenvalue weighted by Crippen LogP contribution is -2.18. The number of rotatable bonds is 7. The molecule has 1 heterocycles. The molecule has 2 aromatic carbocycles. The zero-order valence-electron chi connectivity index (χ0n) is 19.9. The standard InChI is InChI=1S/C25H32N4O3/c1-8-16(2)32-21-14-13-18(25(4,5)6)15-19(21)26-24(30)23-17(3)29(28-27-23)20-11-9-10-12-22(20)31-7/h9-16H,8H2,1-7H3,(H,26,30). The number of hydrogen-bond acceptors (Lipinski definition) is 5. The molecule has 170 valence electrons. The Morgan fingerprint density at radius 2 is 1.88 bits per heavy atom. The Morgan fingerprint density at radius 1 is 1.16 bits per heavy atom. The number of amides is 1. The molecule has 0 aliphatic carbocycles. The number of nitrogens with one attached hydrogen (secondary N) is 1. The van der Waals surface area contributed by atoms with Crippen LogP contribution in [0.15, 0.2) is 42.5 Å². The van der Waals surface area contributed by atoms with Gasteiger partial charge in [-0.05, 0) is 55.5 Å². The minimum atomic E-state index is -0.344. The SMILES string of the molecule is CCC(C)Oc1ccc(C(C)(C)C)cc1NC(=O)c1nnn(-c2ccccc2OC)c1C. The number of aromatic nitrogens is 3. The lowest BCUT2D eigenvalue weighted by molar-refractivity contribution is 0.102. The molecule has 7 nitrogen and oxygen atoms in total. The van der Waals surface area contributed by atoms with Gasteiger partial charge in [-0.25, -0.2) is 4.68 Å². The fraction of sp³-hybridized carbons (Fsp3) is 0.400. The topological polar surface area (TPSA) is 78.3 Å². The molecular formula is C25H32N4O3. The number of para-hydroxylation sites is 2. The van der Waals surface area contributed by atoms with E-state index in [9.17, 15) is 4.79 Å². The molecule has 0 bridgehead atoms. The van der Waals surface area contributed by atoms with E-state index < -0.39 is 0 Å². The van der Waals surface area contributed by atoms with Gasteiger partial charge in [-0.3, -0.25) is 4.79 Å². The third kappa shape index (κ3) is 4.93. The third-order valence-electron chi connectivity index (χ3n) is 5.42.